The molecule has 5 nitrogen and oxygen atoms in total. The molecule has 0 amide bonds. The van der Waals surface area contributed by atoms with Crippen molar-refractivity contribution in [2.24, 2.45) is 0 Å². The number of para-hydroxylation sites is 1. The molecule has 2 heterocycles. The Morgan fingerprint density at radius 3 is 2.46 bits per heavy atom. The van der Waals surface area contributed by atoms with Crippen molar-refractivity contribution >= 4 is 17.7 Å². The molecule has 2 aromatic carbocycles. The number of benzene rings is 2. The van der Waals surface area contributed by atoms with Gasteiger partial charge in [0, 0.05) is 18.3 Å². The predicted molar refractivity (Wildman–Crippen MR) is 114 cm³/mol. The average Bonchev–Trinajstić information content (AvgIpc) is 3.18. The molecule has 3 aromatic rings. The number of morpholine rings is 1. The lowest BCUT2D eigenvalue weighted by molar-refractivity contribution is 0.122. The van der Waals surface area contributed by atoms with Gasteiger partial charge in [0.15, 0.2) is 5.16 Å². The molecular weight excluding hydrogens is 368 g/mol. The average molecular weight is 395 g/mol. The van der Waals surface area contributed by atoms with Crippen molar-refractivity contribution in [2.75, 3.05) is 31.2 Å². The zero-order valence-corrected chi connectivity index (χ0v) is 17.2. The third kappa shape index (κ3) is 3.93. The fraction of sp³-hybridized carbons (Fsp3) is 0.364. The van der Waals surface area contributed by atoms with E-state index in [0.29, 0.717) is 0 Å². The first-order chi connectivity index (χ1) is 13.8. The van der Waals surface area contributed by atoms with Crippen LogP contribution in [0.1, 0.15) is 30.2 Å². The summed E-state index contributed by atoms with van der Waals surface area (Å²) in [6.07, 6.45) is 0.968. The van der Waals surface area contributed by atoms with E-state index in [9.17, 15) is 0 Å². The molecule has 0 saturated carbocycles. The van der Waals surface area contributed by atoms with Crippen LogP contribution in [-0.2, 0) is 11.2 Å². The van der Waals surface area contributed by atoms with E-state index in [0.717, 1.165) is 43.8 Å². The molecule has 0 spiro atoms. The van der Waals surface area contributed by atoms with Gasteiger partial charge < -0.3 is 9.64 Å². The lowest BCUT2D eigenvalue weighted by atomic mass is 10.1. The number of rotatable bonds is 6. The molecule has 1 aliphatic heterocycles. The first-order valence-corrected chi connectivity index (χ1v) is 10.7. The van der Waals surface area contributed by atoms with E-state index in [1.54, 1.807) is 11.8 Å². The van der Waals surface area contributed by atoms with Gasteiger partial charge in [0.05, 0.1) is 18.9 Å². The van der Waals surface area contributed by atoms with Gasteiger partial charge in [-0.25, -0.2) is 0 Å². The maximum absolute atomic E-state index is 5.54. The fourth-order valence-electron chi connectivity index (χ4n) is 3.50. The second-order valence-electron chi connectivity index (χ2n) is 6.87. The summed E-state index contributed by atoms with van der Waals surface area (Å²) in [4.78, 5) is 2.28. The fourth-order valence-corrected chi connectivity index (χ4v) is 4.48. The molecule has 1 aromatic heterocycles. The third-order valence-electron chi connectivity index (χ3n) is 5.07. The van der Waals surface area contributed by atoms with Crippen LogP contribution in [0.5, 0.6) is 0 Å². The number of hydrogen-bond acceptors (Lipinski definition) is 5. The highest BCUT2D eigenvalue weighted by Gasteiger charge is 2.24. The van der Waals surface area contributed by atoms with Crippen molar-refractivity contribution in [1.82, 2.24) is 14.8 Å². The van der Waals surface area contributed by atoms with Crippen LogP contribution in [0.25, 0.3) is 5.69 Å². The Morgan fingerprint density at radius 2 is 1.71 bits per heavy atom. The molecule has 28 heavy (non-hydrogen) atoms. The normalized spacial score (nSPS) is 15.6. The molecule has 0 unspecified atom stereocenters. The van der Waals surface area contributed by atoms with Crippen molar-refractivity contribution in [3.63, 3.8) is 0 Å². The number of hydrogen-bond donors (Lipinski definition) is 0. The third-order valence-corrected chi connectivity index (χ3v) is 6.18. The van der Waals surface area contributed by atoms with Gasteiger partial charge in [-0.1, -0.05) is 67.2 Å². The van der Waals surface area contributed by atoms with Crippen LogP contribution >= 0.6 is 11.8 Å². The van der Waals surface area contributed by atoms with Gasteiger partial charge in [-0.2, -0.15) is 0 Å². The molecular formula is C22H26N4OS. The zero-order valence-electron chi connectivity index (χ0n) is 16.4. The molecule has 1 atom stereocenters. The largest absolute Gasteiger partial charge is 0.378 e. The zero-order chi connectivity index (χ0) is 19.3. The minimum Gasteiger partial charge on any atom is -0.378 e. The van der Waals surface area contributed by atoms with Crippen LogP contribution in [0.4, 0.5) is 5.95 Å². The molecule has 1 fully saturated rings. The Balaban J connectivity index is 1.75. The Morgan fingerprint density at radius 1 is 1.00 bits per heavy atom. The summed E-state index contributed by atoms with van der Waals surface area (Å²) < 4.78 is 7.77. The van der Waals surface area contributed by atoms with Crippen molar-refractivity contribution in [2.45, 2.75) is 30.7 Å². The monoisotopic (exact) mass is 394 g/mol. The highest BCUT2D eigenvalue weighted by Crippen LogP contribution is 2.37. The first-order valence-electron chi connectivity index (χ1n) is 9.86. The van der Waals surface area contributed by atoms with Crippen LogP contribution < -0.4 is 4.90 Å². The number of aryl methyl sites for hydroxylation is 1. The topological polar surface area (TPSA) is 43.2 Å². The summed E-state index contributed by atoms with van der Waals surface area (Å²) in [6.45, 7) is 7.54. The van der Waals surface area contributed by atoms with E-state index in [-0.39, 0.29) is 5.25 Å². The molecule has 0 N–H and O–H groups in total. The number of anilines is 1. The van der Waals surface area contributed by atoms with Gasteiger partial charge in [-0.15, -0.1) is 10.2 Å². The van der Waals surface area contributed by atoms with Crippen molar-refractivity contribution < 1.29 is 4.74 Å². The van der Waals surface area contributed by atoms with E-state index in [1.165, 1.54) is 16.8 Å². The smallest absolute Gasteiger partial charge is 0.232 e. The number of ether oxygens (including phenoxy) is 1. The molecule has 1 aliphatic rings. The molecule has 0 bridgehead atoms. The van der Waals surface area contributed by atoms with Gasteiger partial charge in [0.25, 0.3) is 0 Å². The molecule has 4 rings (SSSR count). The maximum Gasteiger partial charge on any atom is 0.232 e. The van der Waals surface area contributed by atoms with Crippen LogP contribution in [0, 0.1) is 0 Å². The molecule has 6 heteroatoms. The maximum atomic E-state index is 5.54. The molecule has 0 aliphatic carbocycles. The van der Waals surface area contributed by atoms with Crippen LogP contribution in [-0.4, -0.2) is 41.1 Å². The number of thioether (sulfide) groups is 1. The molecule has 1 saturated heterocycles. The second kappa shape index (κ2) is 8.80. The minimum atomic E-state index is 0.287. The Hall–Kier alpha value is -2.31. The standard InChI is InChI=1S/C22H26N4OS/c1-3-18-9-7-8-12-20(18)26-21(25-13-15-27-16-14-25)23-24-22(26)28-17(2)19-10-5-4-6-11-19/h4-12,17H,3,13-16H2,1-2H3/t17-/m1/s1. The quantitative estimate of drug-likeness (QED) is 0.575. The lowest BCUT2D eigenvalue weighted by Gasteiger charge is -2.28. The van der Waals surface area contributed by atoms with E-state index in [2.05, 4.69) is 88.1 Å². The highest BCUT2D eigenvalue weighted by atomic mass is 32.2. The summed E-state index contributed by atoms with van der Waals surface area (Å²) in [5, 5.41) is 10.4. The summed E-state index contributed by atoms with van der Waals surface area (Å²) in [5.74, 6) is 0.909. The number of nitrogens with zero attached hydrogens (tertiary/aromatic N) is 4. The summed E-state index contributed by atoms with van der Waals surface area (Å²) in [6, 6.07) is 19.1. The van der Waals surface area contributed by atoms with Crippen LogP contribution in [0.3, 0.4) is 0 Å². The Kier molecular flexibility index (Phi) is 5.98. The van der Waals surface area contributed by atoms with Gasteiger partial charge in [-0.05, 0) is 30.5 Å². The van der Waals surface area contributed by atoms with Crippen molar-refractivity contribution in [1.29, 1.82) is 0 Å². The Bertz CT molecular complexity index is 906. The van der Waals surface area contributed by atoms with E-state index in [4.69, 9.17) is 4.74 Å². The highest BCUT2D eigenvalue weighted by molar-refractivity contribution is 7.99. The molecule has 146 valence electrons. The van der Waals surface area contributed by atoms with Gasteiger partial charge >= 0.3 is 0 Å². The van der Waals surface area contributed by atoms with E-state index >= 15 is 0 Å². The predicted octanol–water partition coefficient (Wildman–Crippen LogP) is 4.52. The molecule has 0 radical (unpaired) electrons. The SMILES string of the molecule is CCc1ccccc1-n1c(S[C@H](C)c2ccccc2)nnc1N1CCOCC1. The summed E-state index contributed by atoms with van der Waals surface area (Å²) in [5.41, 5.74) is 3.75. The van der Waals surface area contributed by atoms with E-state index in [1.807, 2.05) is 0 Å². The first kappa shape index (κ1) is 19.0. The van der Waals surface area contributed by atoms with Crippen LogP contribution in [0.15, 0.2) is 59.8 Å². The number of aromatic nitrogens is 3. The van der Waals surface area contributed by atoms with Crippen molar-refractivity contribution in [3.8, 4) is 5.69 Å². The van der Waals surface area contributed by atoms with Gasteiger partial charge in [0.1, 0.15) is 0 Å². The lowest BCUT2D eigenvalue weighted by Crippen LogP contribution is -2.38. The summed E-state index contributed by atoms with van der Waals surface area (Å²) in [7, 11) is 0. The van der Waals surface area contributed by atoms with Gasteiger partial charge in [-0.3, -0.25) is 4.57 Å². The summed E-state index contributed by atoms with van der Waals surface area (Å²) >= 11 is 1.75. The Labute approximate surface area is 170 Å². The van der Waals surface area contributed by atoms with Crippen molar-refractivity contribution in [3.05, 3.63) is 65.7 Å². The second-order valence-corrected chi connectivity index (χ2v) is 8.18. The minimum absolute atomic E-state index is 0.287. The van der Waals surface area contributed by atoms with E-state index < -0.39 is 0 Å². The van der Waals surface area contributed by atoms with Gasteiger partial charge in [0.2, 0.25) is 5.95 Å². The van der Waals surface area contributed by atoms with Crippen LogP contribution in [0.2, 0.25) is 0 Å².